The van der Waals surface area contributed by atoms with Gasteiger partial charge in [-0.1, -0.05) is 152 Å². The Morgan fingerprint density at radius 1 is 0.463 bits per heavy atom. The van der Waals surface area contributed by atoms with E-state index >= 15 is 0 Å². The van der Waals surface area contributed by atoms with Gasteiger partial charge < -0.3 is 29.0 Å². The van der Waals surface area contributed by atoms with Gasteiger partial charge >= 0.3 is 11.9 Å². The average Bonchev–Trinajstić information content (AvgIpc) is 3.61. The maximum Gasteiger partial charge on any atom is 0.339 e. The van der Waals surface area contributed by atoms with E-state index in [2.05, 4.69) is 5.32 Å². The molecule has 1 saturated carbocycles. The molecule has 0 heterocycles. The van der Waals surface area contributed by atoms with Crippen LogP contribution in [0.5, 0.6) is 17.2 Å². The van der Waals surface area contributed by atoms with Crippen LogP contribution < -0.4 is 19.5 Å². The van der Waals surface area contributed by atoms with Crippen LogP contribution in [0.25, 0.3) is 0 Å². The normalized spacial score (nSPS) is 14.4. The first-order valence-electron chi connectivity index (χ1n) is 22.5. The molecule has 2 atom stereocenters. The van der Waals surface area contributed by atoms with E-state index in [0.717, 1.165) is 41.5 Å². The molecule has 10 heteroatoms. The molecule has 67 heavy (non-hydrogen) atoms. The minimum Gasteiger partial charge on any atom is -0.489 e. The Morgan fingerprint density at radius 3 is 1.49 bits per heavy atom. The fourth-order valence-electron chi connectivity index (χ4n) is 7.90. The Bertz CT molecular complexity index is 2680. The molecule has 10 nitrogen and oxygen atoms in total. The van der Waals surface area contributed by atoms with Crippen LogP contribution in [0.2, 0.25) is 0 Å². The summed E-state index contributed by atoms with van der Waals surface area (Å²) in [5.41, 5.74) is 4.14. The highest BCUT2D eigenvalue weighted by Crippen LogP contribution is 2.36. The molecule has 0 aromatic heterocycles. The van der Waals surface area contributed by atoms with Crippen LogP contribution in [0.15, 0.2) is 182 Å². The molecular formula is C57H51NO9. The van der Waals surface area contributed by atoms with Crippen molar-refractivity contribution in [3.8, 4) is 17.2 Å². The number of benzene rings is 7. The van der Waals surface area contributed by atoms with Gasteiger partial charge in [0.25, 0.3) is 5.91 Å². The van der Waals surface area contributed by atoms with E-state index in [9.17, 15) is 19.2 Å². The van der Waals surface area contributed by atoms with Crippen molar-refractivity contribution in [1.82, 2.24) is 5.32 Å². The minimum atomic E-state index is -0.679. The zero-order chi connectivity index (χ0) is 46.2. The maximum absolute atomic E-state index is 15.0. The van der Waals surface area contributed by atoms with E-state index in [-0.39, 0.29) is 59.5 Å². The number of ketones is 1. The Hall–Kier alpha value is -7.98. The summed E-state index contributed by atoms with van der Waals surface area (Å²) in [4.78, 5) is 56.8. The van der Waals surface area contributed by atoms with Crippen molar-refractivity contribution in [1.29, 1.82) is 0 Å². The van der Waals surface area contributed by atoms with Crippen LogP contribution in [0.1, 0.15) is 101 Å². The predicted octanol–water partition coefficient (Wildman–Crippen LogP) is 11.3. The van der Waals surface area contributed by atoms with E-state index < -0.39 is 29.9 Å². The van der Waals surface area contributed by atoms with Gasteiger partial charge in [-0.2, -0.15) is 0 Å². The fraction of sp³-hybridized carbons (Fsp3) is 0.193. The summed E-state index contributed by atoms with van der Waals surface area (Å²) in [5.74, 6) is -1.46. The Kier molecular flexibility index (Phi) is 15.5. The third kappa shape index (κ3) is 12.4. The zero-order valence-electron chi connectivity index (χ0n) is 37.0. The molecule has 7 aromatic carbocycles. The highest BCUT2D eigenvalue weighted by atomic mass is 16.5. The number of amides is 1. The standard InChI is InChI=1S/C57H51NO9/c59-54(47-26-16-17-27-48(47)57(62)66-39-43-24-12-4-13-25-43)53-51(64-37-41-20-8-2-9-21-41)34-45(35-52(53)65-38-42-22-10-3-11-23-42)56(61)67-50-29-15-5-14-28-49(50)58-55(60)44-30-32-46(33-31-44)63-36-40-18-6-1-7-19-40/h1-4,6-13,16-27,30-35,49-50H,5,14-15,28-29,36-39H2,(H,58,60)/t49-,50-/m1/s1. The second-order valence-corrected chi connectivity index (χ2v) is 16.3. The van der Waals surface area contributed by atoms with Gasteiger partial charge in [0.1, 0.15) is 55.3 Å². The molecule has 0 saturated heterocycles. The van der Waals surface area contributed by atoms with Crippen molar-refractivity contribution in [2.24, 2.45) is 0 Å². The molecule has 1 fully saturated rings. The van der Waals surface area contributed by atoms with Crippen molar-refractivity contribution in [3.63, 3.8) is 0 Å². The van der Waals surface area contributed by atoms with Gasteiger partial charge in [0, 0.05) is 11.1 Å². The summed E-state index contributed by atoms with van der Waals surface area (Å²) in [7, 11) is 0. The van der Waals surface area contributed by atoms with Crippen molar-refractivity contribution >= 4 is 23.6 Å². The van der Waals surface area contributed by atoms with Gasteiger partial charge in [-0.25, -0.2) is 9.59 Å². The van der Waals surface area contributed by atoms with Crippen molar-refractivity contribution in [3.05, 3.63) is 232 Å². The quantitative estimate of drug-likeness (QED) is 0.0509. The number of carbonyl (C=O) groups is 4. The van der Waals surface area contributed by atoms with Gasteiger partial charge in [-0.3, -0.25) is 9.59 Å². The molecular weight excluding hydrogens is 843 g/mol. The molecule has 0 spiro atoms. The summed E-state index contributed by atoms with van der Waals surface area (Å²) in [5, 5.41) is 3.15. The van der Waals surface area contributed by atoms with Gasteiger partial charge in [-0.05, 0) is 84.0 Å². The smallest absolute Gasteiger partial charge is 0.339 e. The lowest BCUT2D eigenvalue weighted by Gasteiger charge is -2.26. The summed E-state index contributed by atoms with van der Waals surface area (Å²) < 4.78 is 30.8. The largest absolute Gasteiger partial charge is 0.489 e. The molecule has 7 aromatic rings. The number of hydrogen-bond acceptors (Lipinski definition) is 9. The first kappa shape index (κ1) is 45.6. The summed E-state index contributed by atoms with van der Waals surface area (Å²) in [6, 6.07) is 53.9. The number of ether oxygens (including phenoxy) is 5. The lowest BCUT2D eigenvalue weighted by molar-refractivity contribution is 0.0178. The predicted molar refractivity (Wildman–Crippen MR) is 254 cm³/mol. The van der Waals surface area contributed by atoms with Crippen molar-refractivity contribution in [2.75, 3.05) is 0 Å². The lowest BCUT2D eigenvalue weighted by Crippen LogP contribution is -2.44. The first-order chi connectivity index (χ1) is 32.9. The SMILES string of the molecule is O=C(N[C@@H]1CCCCC[C@H]1OC(=O)c1cc(OCc2ccccc2)c(C(=O)c2ccccc2C(=O)OCc2ccccc2)c(OCc2ccccc2)c1)c1ccc(OCc2ccccc2)cc1. The monoisotopic (exact) mass is 893 g/mol. The third-order valence-electron chi connectivity index (χ3n) is 11.5. The first-order valence-corrected chi connectivity index (χ1v) is 22.5. The molecule has 0 radical (unpaired) electrons. The molecule has 1 aliphatic carbocycles. The van der Waals surface area contributed by atoms with Crippen LogP contribution >= 0.6 is 0 Å². The Morgan fingerprint density at radius 2 is 0.940 bits per heavy atom. The second kappa shape index (κ2) is 22.8. The average molecular weight is 894 g/mol. The van der Waals surface area contributed by atoms with Crippen molar-refractivity contribution in [2.45, 2.75) is 70.7 Å². The van der Waals surface area contributed by atoms with Crippen LogP contribution in [-0.4, -0.2) is 35.8 Å². The number of hydrogen-bond donors (Lipinski definition) is 1. The van der Waals surface area contributed by atoms with Crippen LogP contribution in [0.4, 0.5) is 0 Å². The molecule has 0 aliphatic heterocycles. The third-order valence-corrected chi connectivity index (χ3v) is 11.5. The molecule has 8 rings (SSSR count). The fourth-order valence-corrected chi connectivity index (χ4v) is 7.90. The van der Waals surface area contributed by atoms with E-state index in [1.165, 1.54) is 12.1 Å². The van der Waals surface area contributed by atoms with E-state index in [0.29, 0.717) is 30.8 Å². The Balaban J connectivity index is 1.08. The number of esters is 2. The zero-order valence-corrected chi connectivity index (χ0v) is 37.0. The van der Waals surface area contributed by atoms with E-state index in [4.69, 9.17) is 23.7 Å². The van der Waals surface area contributed by atoms with Crippen molar-refractivity contribution < 1.29 is 42.9 Å². The number of rotatable bonds is 18. The number of nitrogens with one attached hydrogen (secondary N) is 1. The van der Waals surface area contributed by atoms with E-state index in [1.54, 1.807) is 48.5 Å². The summed E-state index contributed by atoms with van der Waals surface area (Å²) in [6.07, 6.45) is 3.06. The Labute approximate surface area is 390 Å². The molecule has 338 valence electrons. The van der Waals surface area contributed by atoms with Crippen LogP contribution in [0, 0.1) is 0 Å². The summed E-state index contributed by atoms with van der Waals surface area (Å²) in [6.45, 7) is 0.520. The molecule has 1 N–H and O–H groups in total. The van der Waals surface area contributed by atoms with Gasteiger partial charge in [-0.15, -0.1) is 0 Å². The second-order valence-electron chi connectivity index (χ2n) is 16.3. The lowest BCUT2D eigenvalue weighted by atomic mass is 9.95. The summed E-state index contributed by atoms with van der Waals surface area (Å²) >= 11 is 0. The molecule has 1 amide bonds. The maximum atomic E-state index is 15.0. The van der Waals surface area contributed by atoms with Crippen LogP contribution in [-0.2, 0) is 35.9 Å². The highest BCUT2D eigenvalue weighted by molar-refractivity contribution is 6.17. The molecule has 0 unspecified atom stereocenters. The molecule has 1 aliphatic rings. The number of carbonyl (C=O) groups excluding carboxylic acids is 4. The minimum absolute atomic E-state index is 0.0134. The molecule has 0 bridgehead atoms. The topological polar surface area (TPSA) is 126 Å². The van der Waals surface area contributed by atoms with Crippen LogP contribution in [0.3, 0.4) is 0 Å². The van der Waals surface area contributed by atoms with Gasteiger partial charge in [0.2, 0.25) is 5.78 Å². The van der Waals surface area contributed by atoms with E-state index in [1.807, 2.05) is 121 Å². The van der Waals surface area contributed by atoms with Gasteiger partial charge in [0.05, 0.1) is 17.2 Å². The highest BCUT2D eigenvalue weighted by Gasteiger charge is 2.32. The van der Waals surface area contributed by atoms with Gasteiger partial charge in [0.15, 0.2) is 0 Å².